The van der Waals surface area contributed by atoms with Crippen molar-refractivity contribution in [2.45, 2.75) is 19.3 Å². The largest absolute Gasteiger partial charge is 0.383 e. The summed E-state index contributed by atoms with van der Waals surface area (Å²) >= 11 is 0. The van der Waals surface area contributed by atoms with Crippen molar-refractivity contribution < 1.29 is 9.53 Å². The maximum atomic E-state index is 11.9. The number of nitrogens with zero attached hydrogens (tertiary/aromatic N) is 3. The molecule has 1 fully saturated rings. The minimum Gasteiger partial charge on any atom is -0.383 e. The van der Waals surface area contributed by atoms with E-state index in [0.717, 1.165) is 18.8 Å². The average molecular weight is 355 g/mol. The number of amides is 1. The Kier molecular flexibility index (Phi) is 6.38. The molecule has 1 aromatic heterocycles. The van der Waals surface area contributed by atoms with Gasteiger partial charge in [0.2, 0.25) is 0 Å². The molecule has 7 nitrogen and oxygen atoms in total. The minimum absolute atomic E-state index is 0.257. The molecule has 0 aliphatic carbocycles. The highest BCUT2D eigenvalue weighted by atomic mass is 16.5. The number of anilines is 3. The Hall–Kier alpha value is -2.67. The van der Waals surface area contributed by atoms with Crippen LogP contribution < -0.4 is 15.5 Å². The van der Waals surface area contributed by atoms with Crippen LogP contribution in [0.4, 0.5) is 17.2 Å². The van der Waals surface area contributed by atoms with Crippen LogP contribution in [-0.4, -0.2) is 49.5 Å². The second-order valence-corrected chi connectivity index (χ2v) is 6.27. The van der Waals surface area contributed by atoms with Gasteiger partial charge in [-0.1, -0.05) is 0 Å². The first-order valence-electron chi connectivity index (χ1n) is 8.99. The van der Waals surface area contributed by atoms with Crippen molar-refractivity contribution in [2.75, 3.05) is 43.6 Å². The molecular formula is C19H25N5O2. The minimum atomic E-state index is -0.257. The van der Waals surface area contributed by atoms with Crippen LogP contribution in [-0.2, 0) is 4.74 Å². The van der Waals surface area contributed by atoms with Gasteiger partial charge in [-0.3, -0.25) is 4.79 Å². The van der Waals surface area contributed by atoms with Gasteiger partial charge in [0.15, 0.2) is 11.5 Å². The predicted octanol–water partition coefficient (Wildman–Crippen LogP) is 2.59. The number of carbonyl (C=O) groups excluding carboxylic acids is 1. The standard InChI is InChI=1S/C19H25N5O2/c1-26-14-11-20-19(25)17-9-10-18(23-22-17)21-15-5-7-16(8-6-15)24-12-3-2-4-13-24/h5-10H,2-4,11-14H2,1H3,(H,20,25)(H,21,23). The molecule has 1 amide bonds. The number of piperidine rings is 1. The summed E-state index contributed by atoms with van der Waals surface area (Å²) in [6.45, 7) is 3.17. The lowest BCUT2D eigenvalue weighted by molar-refractivity contribution is 0.0931. The molecule has 0 atom stereocenters. The van der Waals surface area contributed by atoms with Crippen molar-refractivity contribution >= 4 is 23.1 Å². The van der Waals surface area contributed by atoms with Crippen molar-refractivity contribution in [1.82, 2.24) is 15.5 Å². The lowest BCUT2D eigenvalue weighted by atomic mass is 10.1. The summed E-state index contributed by atoms with van der Waals surface area (Å²) in [6.07, 6.45) is 3.86. The fraction of sp³-hybridized carbons (Fsp3) is 0.421. The summed E-state index contributed by atoms with van der Waals surface area (Å²) < 4.78 is 4.90. The summed E-state index contributed by atoms with van der Waals surface area (Å²) in [4.78, 5) is 14.3. The van der Waals surface area contributed by atoms with E-state index in [0.29, 0.717) is 19.0 Å². The van der Waals surface area contributed by atoms with Gasteiger partial charge in [-0.05, 0) is 55.7 Å². The van der Waals surface area contributed by atoms with Gasteiger partial charge in [-0.2, -0.15) is 0 Å². The SMILES string of the molecule is COCCNC(=O)c1ccc(Nc2ccc(N3CCCCC3)cc2)nn1. The zero-order valence-electron chi connectivity index (χ0n) is 15.1. The molecule has 7 heteroatoms. The van der Waals surface area contributed by atoms with Crippen LogP contribution in [0.25, 0.3) is 0 Å². The molecule has 3 rings (SSSR count). The van der Waals surface area contributed by atoms with Crippen molar-refractivity contribution in [2.24, 2.45) is 0 Å². The molecule has 1 aliphatic rings. The van der Waals surface area contributed by atoms with Crippen molar-refractivity contribution in [1.29, 1.82) is 0 Å². The predicted molar refractivity (Wildman–Crippen MR) is 102 cm³/mol. The summed E-state index contributed by atoms with van der Waals surface area (Å²) in [7, 11) is 1.59. The molecule has 0 radical (unpaired) electrons. The third kappa shape index (κ3) is 4.92. The number of benzene rings is 1. The first kappa shape index (κ1) is 18.1. The highest BCUT2D eigenvalue weighted by Crippen LogP contribution is 2.23. The van der Waals surface area contributed by atoms with Crippen LogP contribution in [0.1, 0.15) is 29.8 Å². The molecule has 2 N–H and O–H groups in total. The molecule has 2 heterocycles. The number of carbonyl (C=O) groups is 1. The van der Waals surface area contributed by atoms with Crippen LogP contribution in [0.5, 0.6) is 0 Å². The smallest absolute Gasteiger partial charge is 0.271 e. The van der Waals surface area contributed by atoms with Crippen molar-refractivity contribution in [3.63, 3.8) is 0 Å². The van der Waals surface area contributed by atoms with Crippen LogP contribution in [0.15, 0.2) is 36.4 Å². The van der Waals surface area contributed by atoms with Gasteiger partial charge in [0, 0.05) is 38.1 Å². The summed E-state index contributed by atoms with van der Waals surface area (Å²) in [5, 5.41) is 14.0. The van der Waals surface area contributed by atoms with Crippen molar-refractivity contribution in [3.8, 4) is 0 Å². The maximum Gasteiger partial charge on any atom is 0.271 e. The van der Waals surface area contributed by atoms with Gasteiger partial charge in [0.05, 0.1) is 6.61 Å². The van der Waals surface area contributed by atoms with Gasteiger partial charge < -0.3 is 20.3 Å². The highest BCUT2D eigenvalue weighted by molar-refractivity contribution is 5.92. The second-order valence-electron chi connectivity index (χ2n) is 6.27. The molecule has 0 unspecified atom stereocenters. The Morgan fingerprint density at radius 3 is 2.50 bits per heavy atom. The Labute approximate surface area is 153 Å². The van der Waals surface area contributed by atoms with E-state index in [9.17, 15) is 4.79 Å². The molecule has 1 aromatic carbocycles. The monoisotopic (exact) mass is 355 g/mol. The molecule has 1 saturated heterocycles. The molecular weight excluding hydrogens is 330 g/mol. The van der Waals surface area contributed by atoms with Crippen LogP contribution in [0.2, 0.25) is 0 Å². The quantitative estimate of drug-likeness (QED) is 0.743. The lowest BCUT2D eigenvalue weighted by Gasteiger charge is -2.28. The average Bonchev–Trinajstić information content (AvgIpc) is 2.70. The zero-order valence-corrected chi connectivity index (χ0v) is 15.1. The Morgan fingerprint density at radius 1 is 1.08 bits per heavy atom. The van der Waals surface area contributed by atoms with Gasteiger partial charge in [0.1, 0.15) is 0 Å². The van der Waals surface area contributed by atoms with E-state index in [-0.39, 0.29) is 11.6 Å². The van der Waals surface area contributed by atoms with E-state index in [4.69, 9.17) is 4.74 Å². The van der Waals surface area contributed by atoms with Gasteiger partial charge in [0.25, 0.3) is 5.91 Å². The number of methoxy groups -OCH3 is 1. The van der Waals surface area contributed by atoms with E-state index in [1.165, 1.54) is 24.9 Å². The van der Waals surface area contributed by atoms with E-state index < -0.39 is 0 Å². The van der Waals surface area contributed by atoms with Crippen LogP contribution in [0, 0.1) is 0 Å². The first-order valence-corrected chi connectivity index (χ1v) is 8.99. The number of rotatable bonds is 7. The van der Waals surface area contributed by atoms with E-state index in [1.807, 2.05) is 12.1 Å². The lowest BCUT2D eigenvalue weighted by Crippen LogP contribution is -2.29. The highest BCUT2D eigenvalue weighted by Gasteiger charge is 2.11. The van der Waals surface area contributed by atoms with Gasteiger partial charge in [-0.15, -0.1) is 10.2 Å². The Morgan fingerprint density at radius 2 is 1.85 bits per heavy atom. The summed E-state index contributed by atoms with van der Waals surface area (Å²) in [5.74, 6) is 0.344. The Bertz CT molecular complexity index is 697. The Balaban J connectivity index is 1.56. The maximum absolute atomic E-state index is 11.9. The van der Waals surface area contributed by atoms with Gasteiger partial charge in [-0.25, -0.2) is 0 Å². The number of aromatic nitrogens is 2. The number of ether oxygens (including phenoxy) is 1. The second kappa shape index (κ2) is 9.15. The number of hydrogen-bond acceptors (Lipinski definition) is 6. The first-order chi connectivity index (χ1) is 12.8. The van der Waals surface area contributed by atoms with Crippen LogP contribution >= 0.6 is 0 Å². The molecule has 0 bridgehead atoms. The van der Waals surface area contributed by atoms with Crippen molar-refractivity contribution in [3.05, 3.63) is 42.1 Å². The van der Waals surface area contributed by atoms with Crippen LogP contribution in [0.3, 0.4) is 0 Å². The van der Waals surface area contributed by atoms with Gasteiger partial charge >= 0.3 is 0 Å². The van der Waals surface area contributed by atoms with E-state index in [2.05, 4.69) is 37.9 Å². The topological polar surface area (TPSA) is 79.4 Å². The summed E-state index contributed by atoms with van der Waals surface area (Å²) in [5.41, 5.74) is 2.48. The summed E-state index contributed by atoms with van der Waals surface area (Å²) in [6, 6.07) is 11.7. The van der Waals surface area contributed by atoms with E-state index in [1.54, 1.807) is 19.2 Å². The molecule has 26 heavy (non-hydrogen) atoms. The number of hydrogen-bond donors (Lipinski definition) is 2. The molecule has 0 spiro atoms. The third-order valence-corrected chi connectivity index (χ3v) is 4.35. The normalized spacial score (nSPS) is 14.1. The molecule has 2 aromatic rings. The number of nitrogens with one attached hydrogen (secondary N) is 2. The zero-order chi connectivity index (χ0) is 18.2. The molecule has 1 aliphatic heterocycles. The fourth-order valence-electron chi connectivity index (χ4n) is 2.93. The molecule has 0 saturated carbocycles. The third-order valence-electron chi connectivity index (χ3n) is 4.35. The van der Waals surface area contributed by atoms with E-state index >= 15 is 0 Å². The molecule has 138 valence electrons. The fourth-order valence-corrected chi connectivity index (χ4v) is 2.93.